The van der Waals surface area contributed by atoms with Crippen molar-refractivity contribution in [3.05, 3.63) is 4.77 Å². The second kappa shape index (κ2) is 4.66. The van der Waals surface area contributed by atoms with Gasteiger partial charge in [-0.05, 0) is 38.9 Å². The first-order valence-electron chi connectivity index (χ1n) is 6.82. The molecule has 0 unspecified atom stereocenters. The summed E-state index contributed by atoms with van der Waals surface area (Å²) in [5.41, 5.74) is 0. The van der Waals surface area contributed by atoms with Crippen LogP contribution in [-0.2, 0) is 0 Å². The Labute approximate surface area is 113 Å². The van der Waals surface area contributed by atoms with E-state index in [0.29, 0.717) is 12.1 Å². The summed E-state index contributed by atoms with van der Waals surface area (Å²) in [6.45, 7) is 8.84. The molecule has 100 valence electrons. The first-order chi connectivity index (χ1) is 8.66. The average Bonchev–Trinajstić information content (AvgIpc) is 3.13. The van der Waals surface area contributed by atoms with Gasteiger partial charge in [0, 0.05) is 38.3 Å². The van der Waals surface area contributed by atoms with Crippen molar-refractivity contribution in [1.82, 2.24) is 19.7 Å². The normalized spacial score (nSPS) is 21.8. The molecule has 0 spiro atoms. The largest absolute Gasteiger partial charge is 0.338 e. The van der Waals surface area contributed by atoms with E-state index in [4.69, 9.17) is 12.2 Å². The fourth-order valence-electron chi connectivity index (χ4n) is 2.62. The number of anilines is 1. The lowest BCUT2D eigenvalue weighted by Crippen LogP contribution is -2.49. The third kappa shape index (κ3) is 2.19. The lowest BCUT2D eigenvalue weighted by atomic mass is 10.2. The van der Waals surface area contributed by atoms with E-state index < -0.39 is 0 Å². The number of rotatable bonds is 3. The predicted molar refractivity (Wildman–Crippen MR) is 74.6 cm³/mol. The number of piperazine rings is 1. The fourth-order valence-corrected chi connectivity index (χ4v) is 2.90. The molecule has 18 heavy (non-hydrogen) atoms. The molecular weight excluding hydrogens is 246 g/mol. The highest BCUT2D eigenvalue weighted by atomic mass is 32.1. The molecule has 0 amide bonds. The van der Waals surface area contributed by atoms with Crippen molar-refractivity contribution in [3.63, 3.8) is 0 Å². The molecule has 6 heteroatoms. The van der Waals surface area contributed by atoms with Crippen LogP contribution in [0.25, 0.3) is 0 Å². The van der Waals surface area contributed by atoms with Gasteiger partial charge in [-0.2, -0.15) is 0 Å². The lowest BCUT2D eigenvalue weighted by Gasteiger charge is -2.37. The van der Waals surface area contributed by atoms with E-state index in [1.165, 1.54) is 12.8 Å². The highest BCUT2D eigenvalue weighted by molar-refractivity contribution is 7.71. The Balaban J connectivity index is 1.75. The molecule has 1 aliphatic heterocycles. The predicted octanol–water partition coefficient (Wildman–Crippen LogP) is 1.81. The Morgan fingerprint density at radius 3 is 2.44 bits per heavy atom. The SMILES string of the molecule is CC(C)N1CCN(c2n[nH]c(=S)n2C2CC2)CC1. The summed E-state index contributed by atoms with van der Waals surface area (Å²) in [5, 5.41) is 7.37. The minimum Gasteiger partial charge on any atom is -0.338 e. The van der Waals surface area contributed by atoms with Crippen LogP contribution < -0.4 is 4.90 Å². The topological polar surface area (TPSA) is 40.1 Å². The third-order valence-corrected chi connectivity index (χ3v) is 4.21. The molecule has 5 nitrogen and oxygen atoms in total. The molecule has 1 saturated carbocycles. The molecule has 2 aliphatic rings. The number of nitrogens with zero attached hydrogens (tertiary/aromatic N) is 4. The van der Waals surface area contributed by atoms with Crippen LogP contribution in [0.3, 0.4) is 0 Å². The summed E-state index contributed by atoms with van der Waals surface area (Å²) >= 11 is 5.33. The number of aromatic nitrogens is 3. The van der Waals surface area contributed by atoms with Crippen LogP contribution in [0.15, 0.2) is 0 Å². The maximum absolute atomic E-state index is 5.33. The molecule has 2 heterocycles. The number of hydrogen-bond acceptors (Lipinski definition) is 4. The van der Waals surface area contributed by atoms with Crippen LogP contribution in [0, 0.1) is 4.77 Å². The van der Waals surface area contributed by atoms with Crippen molar-refractivity contribution in [2.45, 2.75) is 38.8 Å². The van der Waals surface area contributed by atoms with Crippen molar-refractivity contribution in [2.75, 3.05) is 31.1 Å². The van der Waals surface area contributed by atoms with Crippen LogP contribution in [0.4, 0.5) is 5.95 Å². The van der Waals surface area contributed by atoms with E-state index in [0.717, 1.165) is 36.9 Å². The summed E-state index contributed by atoms with van der Waals surface area (Å²) < 4.78 is 2.99. The molecular formula is C12H21N5S. The van der Waals surface area contributed by atoms with E-state index in [1.807, 2.05) is 0 Å². The van der Waals surface area contributed by atoms with Gasteiger partial charge in [-0.1, -0.05) is 0 Å². The maximum Gasteiger partial charge on any atom is 0.226 e. The van der Waals surface area contributed by atoms with Gasteiger partial charge in [0.2, 0.25) is 5.95 Å². The summed E-state index contributed by atoms with van der Waals surface area (Å²) in [4.78, 5) is 4.88. The molecule has 2 fully saturated rings. The molecule has 1 saturated heterocycles. The Bertz CT molecular complexity index is 465. The quantitative estimate of drug-likeness (QED) is 0.848. The molecule has 0 aromatic carbocycles. The molecule has 1 aromatic rings. The number of aromatic amines is 1. The zero-order chi connectivity index (χ0) is 12.7. The van der Waals surface area contributed by atoms with Crippen LogP contribution in [0.2, 0.25) is 0 Å². The van der Waals surface area contributed by atoms with E-state index in [1.54, 1.807) is 0 Å². The van der Waals surface area contributed by atoms with Gasteiger partial charge in [0.1, 0.15) is 0 Å². The smallest absolute Gasteiger partial charge is 0.226 e. The van der Waals surface area contributed by atoms with E-state index in [-0.39, 0.29) is 0 Å². The van der Waals surface area contributed by atoms with Crippen molar-refractivity contribution in [2.24, 2.45) is 0 Å². The van der Waals surface area contributed by atoms with E-state index >= 15 is 0 Å². The summed E-state index contributed by atoms with van der Waals surface area (Å²) in [6.07, 6.45) is 2.49. The number of hydrogen-bond donors (Lipinski definition) is 1. The van der Waals surface area contributed by atoms with Gasteiger partial charge < -0.3 is 4.90 Å². The summed E-state index contributed by atoms with van der Waals surface area (Å²) in [7, 11) is 0. The van der Waals surface area contributed by atoms with Gasteiger partial charge in [0.05, 0.1) is 0 Å². The van der Waals surface area contributed by atoms with Gasteiger partial charge in [0.15, 0.2) is 4.77 Å². The van der Waals surface area contributed by atoms with E-state index in [9.17, 15) is 0 Å². The summed E-state index contributed by atoms with van der Waals surface area (Å²) in [5.74, 6) is 1.05. The highest BCUT2D eigenvalue weighted by Crippen LogP contribution is 2.37. The van der Waals surface area contributed by atoms with Gasteiger partial charge in [-0.25, -0.2) is 5.10 Å². The molecule has 3 rings (SSSR count). The minimum atomic E-state index is 0.592. The monoisotopic (exact) mass is 267 g/mol. The molecule has 1 aliphatic carbocycles. The van der Waals surface area contributed by atoms with E-state index in [2.05, 4.69) is 38.4 Å². The minimum absolute atomic E-state index is 0.592. The maximum atomic E-state index is 5.33. The van der Waals surface area contributed by atoms with Gasteiger partial charge in [-0.15, -0.1) is 5.10 Å². The fraction of sp³-hybridized carbons (Fsp3) is 0.833. The Morgan fingerprint density at radius 2 is 1.89 bits per heavy atom. The first kappa shape index (κ1) is 12.2. The van der Waals surface area contributed by atoms with Crippen molar-refractivity contribution in [1.29, 1.82) is 0 Å². The number of nitrogens with one attached hydrogen (secondary N) is 1. The molecule has 1 N–H and O–H groups in total. The van der Waals surface area contributed by atoms with Crippen molar-refractivity contribution < 1.29 is 0 Å². The van der Waals surface area contributed by atoms with Crippen LogP contribution >= 0.6 is 12.2 Å². The van der Waals surface area contributed by atoms with Crippen LogP contribution in [-0.4, -0.2) is 51.9 Å². The Morgan fingerprint density at radius 1 is 1.22 bits per heavy atom. The molecule has 1 aromatic heterocycles. The van der Waals surface area contributed by atoms with Crippen LogP contribution in [0.5, 0.6) is 0 Å². The summed E-state index contributed by atoms with van der Waals surface area (Å²) in [6, 6.07) is 1.23. The standard InChI is InChI=1S/C12H21N5S/c1-9(2)15-5-7-16(8-6-15)11-13-14-12(18)17(11)10-3-4-10/h9-10H,3-8H2,1-2H3,(H,14,18). The second-order valence-electron chi connectivity index (χ2n) is 5.55. The van der Waals surface area contributed by atoms with Crippen molar-refractivity contribution in [3.8, 4) is 0 Å². The zero-order valence-corrected chi connectivity index (χ0v) is 11.9. The van der Waals surface area contributed by atoms with Gasteiger partial charge >= 0.3 is 0 Å². The Kier molecular flexibility index (Phi) is 3.15. The van der Waals surface area contributed by atoms with Gasteiger partial charge in [0.25, 0.3) is 0 Å². The zero-order valence-electron chi connectivity index (χ0n) is 11.1. The molecule has 0 bridgehead atoms. The van der Waals surface area contributed by atoms with Crippen molar-refractivity contribution >= 4 is 18.2 Å². The van der Waals surface area contributed by atoms with Crippen LogP contribution in [0.1, 0.15) is 32.7 Å². The Hall–Kier alpha value is -0.880. The first-order valence-corrected chi connectivity index (χ1v) is 7.23. The lowest BCUT2D eigenvalue weighted by molar-refractivity contribution is 0.208. The molecule has 0 radical (unpaired) electrons. The average molecular weight is 267 g/mol. The highest BCUT2D eigenvalue weighted by Gasteiger charge is 2.30. The molecule has 0 atom stereocenters. The number of H-pyrrole nitrogens is 1. The second-order valence-corrected chi connectivity index (χ2v) is 5.93. The van der Waals surface area contributed by atoms with Gasteiger partial charge in [-0.3, -0.25) is 9.47 Å². The third-order valence-electron chi connectivity index (χ3n) is 3.93.